The van der Waals surface area contributed by atoms with Crippen molar-refractivity contribution in [1.82, 2.24) is 4.98 Å². The Morgan fingerprint density at radius 2 is 1.92 bits per heavy atom. The number of hydrogen-bond acceptors (Lipinski definition) is 7. The summed E-state index contributed by atoms with van der Waals surface area (Å²) in [7, 11) is -3.50. The van der Waals surface area contributed by atoms with Crippen molar-refractivity contribution in [3.05, 3.63) is 35.2 Å². The molecule has 1 aromatic heterocycles. The molecule has 2 rings (SSSR count). The van der Waals surface area contributed by atoms with E-state index in [0.29, 0.717) is 0 Å². The molecule has 1 aromatic carbocycles. The summed E-state index contributed by atoms with van der Waals surface area (Å²) in [6.07, 6.45) is 0. The van der Waals surface area contributed by atoms with Gasteiger partial charge >= 0.3 is 5.97 Å². The molecule has 0 saturated heterocycles. The maximum Gasteiger partial charge on any atom is 0.308 e. The molecule has 0 bridgehead atoms. The molecule has 1 amide bonds. The minimum absolute atomic E-state index is 0.0777. The predicted octanol–water partition coefficient (Wildman–Crippen LogP) is 2.50. The van der Waals surface area contributed by atoms with E-state index in [9.17, 15) is 18.0 Å². The highest BCUT2D eigenvalue weighted by molar-refractivity contribution is 7.92. The number of benzene rings is 1. The number of aromatic nitrogens is 1. The van der Waals surface area contributed by atoms with E-state index >= 15 is 0 Å². The third-order valence-electron chi connectivity index (χ3n) is 3.00. The van der Waals surface area contributed by atoms with Crippen LogP contribution in [0.2, 0.25) is 0 Å². The van der Waals surface area contributed by atoms with Crippen LogP contribution in [0.25, 0.3) is 0 Å². The fourth-order valence-corrected chi connectivity index (χ4v) is 3.76. The quantitative estimate of drug-likeness (QED) is 0.642. The van der Waals surface area contributed by atoms with Gasteiger partial charge in [0.05, 0.1) is 10.8 Å². The van der Waals surface area contributed by atoms with Crippen molar-refractivity contribution in [3.8, 4) is 5.75 Å². The summed E-state index contributed by atoms with van der Waals surface area (Å²) in [5.41, 5.74) is 0.149. The highest BCUT2D eigenvalue weighted by Crippen LogP contribution is 2.24. The average Bonchev–Trinajstić information content (AvgIpc) is 2.96. The van der Waals surface area contributed by atoms with E-state index in [1.807, 2.05) is 0 Å². The highest BCUT2D eigenvalue weighted by atomic mass is 32.2. The highest BCUT2D eigenvalue weighted by Gasteiger charge is 2.23. The molecule has 0 radical (unpaired) electrons. The van der Waals surface area contributed by atoms with Crippen molar-refractivity contribution in [2.75, 3.05) is 5.32 Å². The Morgan fingerprint density at radius 3 is 2.54 bits per heavy atom. The van der Waals surface area contributed by atoms with Crippen LogP contribution in [0, 0.1) is 0 Å². The molecule has 1 N–H and O–H groups in total. The van der Waals surface area contributed by atoms with Crippen molar-refractivity contribution in [3.63, 3.8) is 0 Å². The Kier molecular flexibility index (Phi) is 5.35. The second-order valence-electron chi connectivity index (χ2n) is 5.13. The number of nitrogens with one attached hydrogen (secondary N) is 1. The first-order valence-electron chi connectivity index (χ1n) is 7.00. The lowest BCUT2D eigenvalue weighted by Crippen LogP contribution is -2.16. The van der Waals surface area contributed by atoms with Gasteiger partial charge in [0.2, 0.25) is 0 Å². The van der Waals surface area contributed by atoms with E-state index in [1.165, 1.54) is 24.4 Å². The Balaban J connectivity index is 2.23. The number of esters is 1. The number of para-hydroxylation sites is 1. The molecule has 0 atom stereocenters. The van der Waals surface area contributed by atoms with Crippen LogP contribution in [0.4, 0.5) is 5.13 Å². The van der Waals surface area contributed by atoms with E-state index < -0.39 is 27.0 Å². The number of nitrogens with zero attached hydrogens (tertiary/aromatic N) is 1. The molecule has 0 unspecified atom stereocenters. The maximum absolute atomic E-state index is 12.3. The smallest absolute Gasteiger partial charge is 0.308 e. The Labute approximate surface area is 143 Å². The number of carbonyl (C=O) groups is 2. The third-order valence-corrected chi connectivity index (χ3v) is 5.94. The lowest BCUT2D eigenvalue weighted by molar-refractivity contribution is -0.131. The normalized spacial score (nSPS) is 11.3. The van der Waals surface area contributed by atoms with E-state index in [-0.39, 0.29) is 21.5 Å². The largest absolute Gasteiger partial charge is 0.426 e. The minimum atomic E-state index is -3.50. The summed E-state index contributed by atoms with van der Waals surface area (Å²) < 4.78 is 29.1. The number of rotatable bonds is 5. The summed E-state index contributed by atoms with van der Waals surface area (Å²) in [5, 5.41) is 3.36. The average molecular weight is 368 g/mol. The van der Waals surface area contributed by atoms with Crippen LogP contribution in [-0.4, -0.2) is 30.5 Å². The van der Waals surface area contributed by atoms with Crippen molar-refractivity contribution >= 4 is 38.2 Å². The van der Waals surface area contributed by atoms with Crippen molar-refractivity contribution < 1.29 is 22.7 Å². The lowest BCUT2D eigenvalue weighted by Gasteiger charge is -2.08. The van der Waals surface area contributed by atoms with Crippen LogP contribution in [-0.2, 0) is 14.6 Å². The summed E-state index contributed by atoms with van der Waals surface area (Å²) >= 11 is 1.01. The van der Waals surface area contributed by atoms with Crippen LogP contribution in [0.5, 0.6) is 5.75 Å². The number of sulfone groups is 1. The number of amides is 1. The topological polar surface area (TPSA) is 102 Å². The van der Waals surface area contributed by atoms with Crippen LogP contribution >= 0.6 is 11.3 Å². The first-order valence-corrected chi connectivity index (χ1v) is 9.42. The van der Waals surface area contributed by atoms with Crippen LogP contribution in [0.1, 0.15) is 31.1 Å². The Hall–Kier alpha value is -2.26. The zero-order chi connectivity index (χ0) is 17.9. The van der Waals surface area contributed by atoms with E-state index in [4.69, 9.17) is 4.74 Å². The van der Waals surface area contributed by atoms with Gasteiger partial charge < -0.3 is 4.74 Å². The lowest BCUT2D eigenvalue weighted by atomic mass is 10.2. The van der Waals surface area contributed by atoms with Gasteiger partial charge in [-0.3, -0.25) is 14.9 Å². The summed E-state index contributed by atoms with van der Waals surface area (Å²) in [6.45, 7) is 4.35. The number of carbonyl (C=O) groups excluding carboxylic acids is 2. The van der Waals surface area contributed by atoms with Gasteiger partial charge in [-0.2, -0.15) is 0 Å². The van der Waals surface area contributed by atoms with Crippen molar-refractivity contribution in [2.45, 2.75) is 31.0 Å². The molecule has 1 heterocycles. The van der Waals surface area contributed by atoms with E-state index in [1.54, 1.807) is 26.0 Å². The zero-order valence-corrected chi connectivity index (χ0v) is 14.9. The molecule has 0 aliphatic heterocycles. The van der Waals surface area contributed by atoms with E-state index in [2.05, 4.69) is 10.3 Å². The molecule has 0 saturated carbocycles. The SMILES string of the molecule is CC(=O)Oc1ccccc1C(=O)Nc1nc(S(=O)(=O)C(C)C)cs1. The molecule has 0 aliphatic rings. The molecule has 0 spiro atoms. The fourth-order valence-electron chi connectivity index (χ4n) is 1.75. The summed E-state index contributed by atoms with van der Waals surface area (Å²) in [6, 6.07) is 6.24. The van der Waals surface area contributed by atoms with Gasteiger partial charge in [0.15, 0.2) is 20.0 Å². The van der Waals surface area contributed by atoms with E-state index in [0.717, 1.165) is 11.3 Å². The molecule has 0 aliphatic carbocycles. The molecule has 9 heteroatoms. The van der Waals surface area contributed by atoms with Gasteiger partial charge in [-0.15, -0.1) is 11.3 Å². The molecule has 7 nitrogen and oxygen atoms in total. The first kappa shape index (κ1) is 18.1. The molecule has 2 aromatic rings. The predicted molar refractivity (Wildman–Crippen MR) is 90.1 cm³/mol. The zero-order valence-electron chi connectivity index (χ0n) is 13.3. The standard InChI is InChI=1S/C15H16N2O5S2/c1-9(2)24(20,21)13-8-23-15(16-13)17-14(19)11-6-4-5-7-12(11)22-10(3)18/h4-9H,1-3H3,(H,16,17,19). The van der Waals surface area contributed by atoms with Crippen LogP contribution in [0.15, 0.2) is 34.7 Å². The molecule has 128 valence electrons. The molecular formula is C15H16N2O5S2. The molecule has 0 fully saturated rings. The monoisotopic (exact) mass is 368 g/mol. The van der Waals surface area contributed by atoms with Crippen LogP contribution in [0.3, 0.4) is 0 Å². The number of ether oxygens (including phenoxy) is 1. The summed E-state index contributed by atoms with van der Waals surface area (Å²) in [4.78, 5) is 27.4. The number of thiazole rings is 1. The Morgan fingerprint density at radius 1 is 1.25 bits per heavy atom. The van der Waals surface area contributed by atoms with Gasteiger partial charge in [-0.25, -0.2) is 13.4 Å². The van der Waals surface area contributed by atoms with Gasteiger partial charge in [0.1, 0.15) is 5.75 Å². The maximum atomic E-state index is 12.3. The molecule has 24 heavy (non-hydrogen) atoms. The Bertz CT molecular complexity index is 871. The summed E-state index contributed by atoms with van der Waals surface area (Å²) in [5.74, 6) is -0.974. The van der Waals surface area contributed by atoms with Crippen molar-refractivity contribution in [1.29, 1.82) is 0 Å². The fraction of sp³-hybridized carbons (Fsp3) is 0.267. The molecular weight excluding hydrogens is 352 g/mol. The van der Waals surface area contributed by atoms with Gasteiger partial charge in [-0.1, -0.05) is 12.1 Å². The van der Waals surface area contributed by atoms with Crippen molar-refractivity contribution in [2.24, 2.45) is 0 Å². The van der Waals surface area contributed by atoms with Crippen LogP contribution < -0.4 is 10.1 Å². The second-order valence-corrected chi connectivity index (χ2v) is 8.44. The third kappa shape index (κ3) is 3.98. The second kappa shape index (κ2) is 7.10. The minimum Gasteiger partial charge on any atom is -0.426 e. The van der Waals surface area contributed by atoms with Gasteiger partial charge in [0, 0.05) is 12.3 Å². The van der Waals surface area contributed by atoms with Gasteiger partial charge in [0.25, 0.3) is 5.91 Å². The van der Waals surface area contributed by atoms with Gasteiger partial charge in [-0.05, 0) is 26.0 Å². The number of anilines is 1. The number of hydrogen-bond donors (Lipinski definition) is 1. The first-order chi connectivity index (χ1) is 11.2.